The molecule has 1 N–H and O–H groups in total. The van der Waals surface area contributed by atoms with E-state index in [-0.39, 0.29) is 5.91 Å². The lowest BCUT2D eigenvalue weighted by molar-refractivity contribution is -0.111. The zero-order valence-electron chi connectivity index (χ0n) is 14.7. The van der Waals surface area contributed by atoms with Crippen molar-refractivity contribution in [3.8, 4) is 0 Å². The number of hydrogen-bond acceptors (Lipinski definition) is 6. The highest BCUT2D eigenvalue weighted by atomic mass is 32.2. The van der Waals surface area contributed by atoms with Crippen LogP contribution in [0.4, 0.5) is 5.13 Å². The fraction of sp³-hybridized carbons (Fsp3) is 0.444. The van der Waals surface area contributed by atoms with Crippen LogP contribution in [0.2, 0.25) is 0 Å². The molecule has 2 aromatic heterocycles. The molecule has 0 radical (unpaired) electrons. The SMILES string of the molecule is CCCS(=O)c1ncc(/C(=C\C2CCCC2)C(=O)Nc2nccs2)cn1. The molecular weight excluding hydrogens is 368 g/mol. The maximum absolute atomic E-state index is 12.8. The molecule has 6 nitrogen and oxygen atoms in total. The summed E-state index contributed by atoms with van der Waals surface area (Å²) in [5, 5.41) is 5.53. The van der Waals surface area contributed by atoms with E-state index in [0.717, 1.165) is 19.3 Å². The quantitative estimate of drug-likeness (QED) is 0.576. The number of rotatable bonds is 7. The van der Waals surface area contributed by atoms with E-state index >= 15 is 0 Å². The number of nitrogens with zero attached hydrogens (tertiary/aromatic N) is 3. The standard InChI is InChI=1S/C18H22N4O2S2/c1-2-9-26(24)18-20-11-14(12-21-18)15(10-13-5-3-4-6-13)16(23)22-17-19-7-8-25-17/h7-8,10-13H,2-6,9H2,1H3,(H,19,22,23)/b15-10+. The van der Waals surface area contributed by atoms with Gasteiger partial charge >= 0.3 is 0 Å². The summed E-state index contributed by atoms with van der Waals surface area (Å²) in [4.78, 5) is 25.4. The number of allylic oxidation sites excluding steroid dienone is 1. The van der Waals surface area contributed by atoms with Gasteiger partial charge in [-0.15, -0.1) is 11.3 Å². The minimum atomic E-state index is -1.20. The third-order valence-corrected chi connectivity index (χ3v) is 6.32. The first kappa shape index (κ1) is 18.8. The lowest BCUT2D eigenvalue weighted by Gasteiger charge is -2.10. The van der Waals surface area contributed by atoms with Gasteiger partial charge in [-0.1, -0.05) is 25.8 Å². The normalized spacial score (nSPS) is 16.6. The first-order valence-corrected chi connectivity index (χ1v) is 11.0. The lowest BCUT2D eigenvalue weighted by Crippen LogP contribution is -2.15. The van der Waals surface area contributed by atoms with Gasteiger partial charge in [0.25, 0.3) is 5.91 Å². The number of anilines is 1. The van der Waals surface area contributed by atoms with Gasteiger partial charge in [-0.05, 0) is 25.2 Å². The van der Waals surface area contributed by atoms with Crippen molar-refractivity contribution in [3.05, 3.63) is 35.6 Å². The van der Waals surface area contributed by atoms with E-state index in [9.17, 15) is 9.00 Å². The van der Waals surface area contributed by atoms with Crippen LogP contribution in [-0.4, -0.2) is 30.8 Å². The summed E-state index contributed by atoms with van der Waals surface area (Å²) in [6.07, 6.45) is 12.2. The van der Waals surface area contributed by atoms with E-state index in [0.29, 0.717) is 33.1 Å². The number of thiazole rings is 1. The van der Waals surface area contributed by atoms with Crippen molar-refractivity contribution in [1.29, 1.82) is 0 Å². The molecule has 0 aliphatic heterocycles. The largest absolute Gasteiger partial charge is 0.298 e. The Hall–Kier alpha value is -1.93. The van der Waals surface area contributed by atoms with Crippen LogP contribution in [0.5, 0.6) is 0 Å². The van der Waals surface area contributed by atoms with Crippen LogP contribution < -0.4 is 5.32 Å². The van der Waals surface area contributed by atoms with Gasteiger partial charge in [0, 0.05) is 40.9 Å². The van der Waals surface area contributed by atoms with Crippen molar-refractivity contribution < 1.29 is 9.00 Å². The third-order valence-electron chi connectivity index (χ3n) is 4.23. The first-order chi connectivity index (χ1) is 12.7. The highest BCUT2D eigenvalue weighted by Gasteiger charge is 2.20. The van der Waals surface area contributed by atoms with Crippen molar-refractivity contribution in [2.24, 2.45) is 5.92 Å². The number of amides is 1. The monoisotopic (exact) mass is 390 g/mol. The summed E-state index contributed by atoms with van der Waals surface area (Å²) in [6.45, 7) is 1.97. The van der Waals surface area contributed by atoms with Gasteiger partial charge < -0.3 is 0 Å². The molecule has 2 heterocycles. The minimum absolute atomic E-state index is 0.210. The molecule has 8 heteroatoms. The molecule has 1 aliphatic carbocycles. The average Bonchev–Trinajstić information content (AvgIpc) is 3.34. The highest BCUT2D eigenvalue weighted by molar-refractivity contribution is 7.84. The Balaban J connectivity index is 1.85. The van der Waals surface area contributed by atoms with Crippen LogP contribution in [0.1, 0.15) is 44.6 Å². The smallest absolute Gasteiger partial charge is 0.257 e. The Bertz CT molecular complexity index is 782. The van der Waals surface area contributed by atoms with Crippen LogP contribution in [0, 0.1) is 5.92 Å². The Morgan fingerprint density at radius 2 is 2.04 bits per heavy atom. The van der Waals surface area contributed by atoms with Gasteiger partial charge in [0.1, 0.15) is 0 Å². The van der Waals surface area contributed by atoms with Crippen molar-refractivity contribution >= 4 is 38.7 Å². The number of hydrogen-bond donors (Lipinski definition) is 1. The fourth-order valence-corrected chi connectivity index (χ4v) is 4.38. The summed E-state index contributed by atoms with van der Waals surface area (Å²) in [5.41, 5.74) is 1.20. The fourth-order valence-electron chi connectivity index (χ4n) is 2.96. The Morgan fingerprint density at radius 3 is 2.65 bits per heavy atom. The van der Waals surface area contributed by atoms with E-state index in [1.165, 1.54) is 24.2 Å². The predicted molar refractivity (Wildman–Crippen MR) is 104 cm³/mol. The zero-order valence-corrected chi connectivity index (χ0v) is 16.3. The first-order valence-electron chi connectivity index (χ1n) is 8.81. The summed E-state index contributed by atoms with van der Waals surface area (Å²) in [6, 6.07) is 0. The maximum atomic E-state index is 12.8. The van der Waals surface area contributed by atoms with Crippen LogP contribution in [0.25, 0.3) is 5.57 Å². The molecule has 1 amide bonds. The van der Waals surface area contributed by atoms with E-state index < -0.39 is 10.8 Å². The van der Waals surface area contributed by atoms with Gasteiger partial charge in [0.05, 0.1) is 10.8 Å². The Labute approximate surface area is 159 Å². The Kier molecular flexibility index (Phi) is 6.62. The molecule has 1 unspecified atom stereocenters. The molecule has 0 aromatic carbocycles. The zero-order chi connectivity index (χ0) is 18.4. The molecule has 3 rings (SSSR count). The summed E-state index contributed by atoms with van der Waals surface area (Å²) >= 11 is 1.38. The highest BCUT2D eigenvalue weighted by Crippen LogP contribution is 2.29. The van der Waals surface area contributed by atoms with E-state index in [4.69, 9.17) is 0 Å². The number of carbonyl (C=O) groups is 1. The average molecular weight is 391 g/mol. The van der Waals surface area contributed by atoms with Crippen molar-refractivity contribution in [2.45, 2.75) is 44.2 Å². The molecule has 0 spiro atoms. The van der Waals surface area contributed by atoms with Crippen LogP contribution in [0.15, 0.2) is 35.2 Å². The van der Waals surface area contributed by atoms with Gasteiger partial charge in [-0.25, -0.2) is 15.0 Å². The van der Waals surface area contributed by atoms with E-state index in [1.54, 1.807) is 18.6 Å². The maximum Gasteiger partial charge on any atom is 0.257 e. The molecule has 1 saturated carbocycles. The molecule has 0 saturated heterocycles. The molecule has 1 fully saturated rings. The van der Waals surface area contributed by atoms with Crippen molar-refractivity contribution in [1.82, 2.24) is 15.0 Å². The summed E-state index contributed by atoms with van der Waals surface area (Å²) in [7, 11) is -1.20. The summed E-state index contributed by atoms with van der Waals surface area (Å²) in [5.74, 6) is 0.716. The lowest BCUT2D eigenvalue weighted by atomic mass is 10.00. The summed E-state index contributed by atoms with van der Waals surface area (Å²) < 4.78 is 12.0. The Morgan fingerprint density at radius 1 is 1.31 bits per heavy atom. The predicted octanol–water partition coefficient (Wildman–Crippen LogP) is 3.66. The second kappa shape index (κ2) is 9.14. The number of nitrogens with one attached hydrogen (secondary N) is 1. The number of aromatic nitrogens is 3. The van der Waals surface area contributed by atoms with Gasteiger partial charge in [0.15, 0.2) is 5.13 Å². The van der Waals surface area contributed by atoms with Crippen molar-refractivity contribution in [3.63, 3.8) is 0 Å². The van der Waals surface area contributed by atoms with E-state index in [1.807, 2.05) is 18.4 Å². The second-order valence-corrected chi connectivity index (χ2v) is 8.58. The van der Waals surface area contributed by atoms with Gasteiger partial charge in [-0.2, -0.15) is 0 Å². The van der Waals surface area contributed by atoms with Gasteiger partial charge in [-0.3, -0.25) is 14.3 Å². The third kappa shape index (κ3) is 4.82. The molecule has 26 heavy (non-hydrogen) atoms. The van der Waals surface area contributed by atoms with Crippen molar-refractivity contribution in [2.75, 3.05) is 11.1 Å². The molecule has 138 valence electrons. The molecule has 1 atom stereocenters. The molecule has 0 bridgehead atoms. The van der Waals surface area contributed by atoms with E-state index in [2.05, 4.69) is 20.3 Å². The molecule has 2 aromatic rings. The molecular formula is C18H22N4O2S2. The van der Waals surface area contributed by atoms with Crippen LogP contribution in [0.3, 0.4) is 0 Å². The second-order valence-electron chi connectivity index (χ2n) is 6.22. The molecule has 1 aliphatic rings. The minimum Gasteiger partial charge on any atom is -0.298 e. The topological polar surface area (TPSA) is 84.8 Å². The van der Waals surface area contributed by atoms with Crippen LogP contribution >= 0.6 is 11.3 Å². The van der Waals surface area contributed by atoms with Crippen LogP contribution in [-0.2, 0) is 15.6 Å². The van der Waals surface area contributed by atoms with Gasteiger partial charge in [0.2, 0.25) is 5.16 Å². The number of carbonyl (C=O) groups excluding carboxylic acids is 1.